The van der Waals surface area contributed by atoms with Crippen molar-refractivity contribution in [1.82, 2.24) is 9.34 Å². The Hall–Kier alpha value is 0.270. The summed E-state index contributed by atoms with van der Waals surface area (Å²) >= 11 is 0. The Labute approximate surface area is 62.0 Å². The van der Waals surface area contributed by atoms with Gasteiger partial charge < -0.3 is 0 Å². The van der Waals surface area contributed by atoms with Gasteiger partial charge in [-0.15, -0.1) is 9.34 Å². The Morgan fingerprint density at radius 1 is 1.60 bits per heavy atom. The van der Waals surface area contributed by atoms with Crippen LogP contribution in [0.25, 0.3) is 0 Å². The minimum absolute atomic E-state index is 0.638. The second kappa shape index (κ2) is 2.72. The first kappa shape index (κ1) is 8.37. The molecule has 1 atom stereocenters. The molecule has 0 bridgehead atoms. The number of hydrogen-bond acceptors (Lipinski definition) is 4. The van der Waals surface area contributed by atoms with Gasteiger partial charge in [0.05, 0.1) is 6.54 Å². The summed E-state index contributed by atoms with van der Waals surface area (Å²) in [5.74, 6) is 0. The fourth-order valence-electron chi connectivity index (χ4n) is 0.945. The Bertz CT molecular complexity index is 133. The van der Waals surface area contributed by atoms with Crippen LogP contribution in [0.1, 0.15) is 0 Å². The van der Waals surface area contributed by atoms with Crippen LogP contribution in [0.5, 0.6) is 0 Å². The molecule has 5 heteroatoms. The van der Waals surface area contributed by atoms with Crippen molar-refractivity contribution in [3.8, 4) is 0 Å². The molecule has 0 aromatic carbocycles. The third kappa shape index (κ3) is 1.18. The maximum Gasteiger partial charge on any atom is 0.433 e. The van der Waals surface area contributed by atoms with Crippen LogP contribution in [0.2, 0.25) is 0 Å². The van der Waals surface area contributed by atoms with Gasteiger partial charge in [-0.1, -0.05) is 0 Å². The van der Waals surface area contributed by atoms with Crippen LogP contribution in [-0.2, 0) is 4.52 Å². The lowest BCUT2D eigenvalue weighted by Gasteiger charge is -2.21. The summed E-state index contributed by atoms with van der Waals surface area (Å²) in [6.07, 6.45) is 0. The summed E-state index contributed by atoms with van der Waals surface area (Å²) < 4.78 is 8.85. The molecule has 60 valence electrons. The van der Waals surface area contributed by atoms with E-state index in [1.54, 1.807) is 4.67 Å². The van der Waals surface area contributed by atoms with E-state index in [-0.39, 0.29) is 0 Å². The molecular weight excluding hydrogens is 151 g/mol. The highest BCUT2D eigenvalue weighted by molar-refractivity contribution is 7.60. The number of hydrogen-bond donors (Lipinski definition) is 1. The Balaban J connectivity index is 2.66. The lowest BCUT2D eigenvalue weighted by atomic mass is 10.7. The normalized spacial score (nSPS) is 35.7. The van der Waals surface area contributed by atoms with Gasteiger partial charge in [0.15, 0.2) is 0 Å². The molecule has 0 aromatic heterocycles. The van der Waals surface area contributed by atoms with Crippen LogP contribution >= 0.6 is 8.02 Å². The highest BCUT2D eigenvalue weighted by atomic mass is 31.2. The second-order valence-corrected chi connectivity index (χ2v) is 5.34. The maximum absolute atomic E-state index is 9.78. The van der Waals surface area contributed by atoms with Gasteiger partial charge in [-0.25, -0.2) is 0 Å². The molecule has 0 spiro atoms. The van der Waals surface area contributed by atoms with Crippen molar-refractivity contribution >= 4 is 8.02 Å². The van der Waals surface area contributed by atoms with Crippen molar-refractivity contribution in [3.05, 3.63) is 0 Å². The minimum Gasteiger partial charge on any atom is -0.187 e. The topological polar surface area (TPSA) is 35.9 Å². The van der Waals surface area contributed by atoms with Gasteiger partial charge in [0.2, 0.25) is 0 Å². The molecule has 10 heavy (non-hydrogen) atoms. The van der Waals surface area contributed by atoms with E-state index in [2.05, 4.69) is 0 Å². The molecular formula is C5H14N2O2P+. The zero-order valence-corrected chi connectivity index (χ0v) is 7.51. The van der Waals surface area contributed by atoms with Crippen LogP contribution < -0.4 is 0 Å². The first-order valence-corrected chi connectivity index (χ1v) is 4.79. The smallest absolute Gasteiger partial charge is 0.187 e. The van der Waals surface area contributed by atoms with Gasteiger partial charge >= 0.3 is 8.02 Å². The van der Waals surface area contributed by atoms with Crippen molar-refractivity contribution in [2.75, 3.05) is 34.3 Å². The standard InChI is InChI=1S/C5H14N2O2P/c1-6(2)10(8)7(3)4-5-9-10/h8H,4-5H2,1-3H3/q+1. The Morgan fingerprint density at radius 3 is 2.40 bits per heavy atom. The average molecular weight is 165 g/mol. The minimum atomic E-state index is -2.32. The average Bonchev–Trinajstić information content (AvgIpc) is 2.15. The molecule has 1 saturated heterocycles. The van der Waals surface area contributed by atoms with Crippen molar-refractivity contribution in [2.45, 2.75) is 0 Å². The predicted molar refractivity (Wildman–Crippen MR) is 41.4 cm³/mol. The van der Waals surface area contributed by atoms with E-state index < -0.39 is 8.02 Å². The molecule has 1 N–H and O–H groups in total. The first-order valence-electron chi connectivity index (χ1n) is 3.23. The van der Waals surface area contributed by atoms with Gasteiger partial charge in [0.1, 0.15) is 6.61 Å². The third-order valence-corrected chi connectivity index (χ3v) is 4.31. The van der Waals surface area contributed by atoms with Gasteiger partial charge in [0.25, 0.3) is 0 Å². The van der Waals surface area contributed by atoms with Crippen molar-refractivity contribution in [3.63, 3.8) is 0 Å². The molecule has 1 unspecified atom stereocenters. The second-order valence-electron chi connectivity index (χ2n) is 2.57. The summed E-state index contributed by atoms with van der Waals surface area (Å²) in [4.78, 5) is 9.78. The number of likely N-dealkylation sites (N-methyl/N-ethyl adjacent to an activating group) is 1. The lowest BCUT2D eigenvalue weighted by Crippen LogP contribution is -2.24. The van der Waals surface area contributed by atoms with Gasteiger partial charge in [-0.3, -0.25) is 0 Å². The van der Waals surface area contributed by atoms with E-state index in [0.29, 0.717) is 6.61 Å². The molecule has 0 aromatic rings. The van der Waals surface area contributed by atoms with E-state index in [1.165, 1.54) is 0 Å². The third-order valence-electron chi connectivity index (χ3n) is 1.65. The van der Waals surface area contributed by atoms with E-state index in [4.69, 9.17) is 4.52 Å². The highest BCUT2D eigenvalue weighted by Crippen LogP contribution is 2.62. The molecule has 4 nitrogen and oxygen atoms in total. The fraction of sp³-hybridized carbons (Fsp3) is 1.00. The van der Waals surface area contributed by atoms with Crippen molar-refractivity contribution in [2.24, 2.45) is 0 Å². The first-order chi connectivity index (χ1) is 4.57. The highest BCUT2D eigenvalue weighted by Gasteiger charge is 2.52. The quantitative estimate of drug-likeness (QED) is 0.562. The fourth-order valence-corrected chi connectivity index (χ4v) is 2.65. The molecule has 1 aliphatic heterocycles. The molecule has 1 fully saturated rings. The lowest BCUT2D eigenvalue weighted by molar-refractivity contribution is 0.286. The number of nitrogens with zero attached hydrogens (tertiary/aromatic N) is 2. The molecule has 1 heterocycles. The zero-order chi connectivity index (χ0) is 7.78. The summed E-state index contributed by atoms with van der Waals surface area (Å²) in [5, 5.41) is 0. The van der Waals surface area contributed by atoms with E-state index in [0.717, 1.165) is 6.54 Å². The molecule has 1 rings (SSSR count). The largest absolute Gasteiger partial charge is 0.433 e. The molecule has 0 radical (unpaired) electrons. The van der Waals surface area contributed by atoms with Crippen molar-refractivity contribution in [1.29, 1.82) is 0 Å². The van der Waals surface area contributed by atoms with Crippen molar-refractivity contribution < 1.29 is 9.42 Å². The maximum atomic E-state index is 9.78. The van der Waals surface area contributed by atoms with Gasteiger partial charge in [0, 0.05) is 21.1 Å². The molecule has 0 saturated carbocycles. The zero-order valence-electron chi connectivity index (χ0n) is 6.61. The molecule has 1 aliphatic rings. The summed E-state index contributed by atoms with van der Waals surface area (Å²) in [6.45, 7) is 1.46. The van der Waals surface area contributed by atoms with Gasteiger partial charge in [-0.05, 0) is 0 Å². The SMILES string of the molecule is CN(C)[P+]1(O)OCCN1C. The van der Waals surface area contributed by atoms with Crippen LogP contribution in [0.15, 0.2) is 0 Å². The van der Waals surface area contributed by atoms with Crippen LogP contribution in [0.3, 0.4) is 0 Å². The van der Waals surface area contributed by atoms with E-state index in [1.807, 2.05) is 25.8 Å². The molecule has 0 aliphatic carbocycles. The van der Waals surface area contributed by atoms with E-state index >= 15 is 0 Å². The summed E-state index contributed by atoms with van der Waals surface area (Å²) in [5.41, 5.74) is 0. The summed E-state index contributed by atoms with van der Waals surface area (Å²) in [6, 6.07) is 0. The Kier molecular flexibility index (Phi) is 2.28. The van der Waals surface area contributed by atoms with Crippen LogP contribution in [0, 0.1) is 0 Å². The van der Waals surface area contributed by atoms with Crippen LogP contribution in [0.4, 0.5) is 0 Å². The number of rotatable bonds is 1. The molecule has 0 amide bonds. The van der Waals surface area contributed by atoms with Crippen LogP contribution in [-0.4, -0.2) is 48.5 Å². The monoisotopic (exact) mass is 165 g/mol. The van der Waals surface area contributed by atoms with E-state index in [9.17, 15) is 4.89 Å². The predicted octanol–water partition coefficient (Wildman–Crippen LogP) is 0.180. The summed E-state index contributed by atoms with van der Waals surface area (Å²) in [7, 11) is 3.22. The van der Waals surface area contributed by atoms with Gasteiger partial charge in [-0.2, -0.15) is 9.42 Å². The Morgan fingerprint density at radius 2 is 2.20 bits per heavy atom.